The summed E-state index contributed by atoms with van der Waals surface area (Å²) in [5, 5.41) is 5.89. The summed E-state index contributed by atoms with van der Waals surface area (Å²) in [6.07, 6.45) is 1.89. The lowest BCUT2D eigenvalue weighted by molar-refractivity contribution is -0.115. The molecule has 0 spiro atoms. The quantitative estimate of drug-likeness (QED) is 0.910. The molecule has 0 aliphatic heterocycles. The first-order chi connectivity index (χ1) is 10.1. The number of nitrogens with zero attached hydrogens (tertiary/aromatic N) is 1. The molecule has 0 unspecified atom stereocenters. The van der Waals surface area contributed by atoms with Crippen molar-refractivity contribution in [2.45, 2.75) is 13.3 Å². The van der Waals surface area contributed by atoms with E-state index in [4.69, 9.17) is 11.6 Å². The van der Waals surface area contributed by atoms with Crippen molar-refractivity contribution in [2.24, 2.45) is 0 Å². The van der Waals surface area contributed by atoms with Crippen molar-refractivity contribution in [3.05, 3.63) is 53.3 Å². The van der Waals surface area contributed by atoms with Gasteiger partial charge in [0, 0.05) is 29.0 Å². The maximum Gasteiger partial charge on any atom is 0.274 e. The van der Waals surface area contributed by atoms with E-state index in [2.05, 4.69) is 15.6 Å². The van der Waals surface area contributed by atoms with Crippen LogP contribution in [0.1, 0.15) is 23.8 Å². The Bertz CT molecular complexity index is 656. The molecule has 1 heterocycles. The van der Waals surface area contributed by atoms with E-state index in [9.17, 15) is 9.59 Å². The number of rotatable bonds is 4. The van der Waals surface area contributed by atoms with Gasteiger partial charge in [0.15, 0.2) is 0 Å². The molecule has 1 aromatic carbocycles. The Morgan fingerprint density at radius 1 is 1.10 bits per heavy atom. The fraction of sp³-hybridized carbons (Fsp3) is 0.133. The Morgan fingerprint density at radius 2 is 1.71 bits per heavy atom. The molecular formula is C15H14ClN3O2. The summed E-state index contributed by atoms with van der Waals surface area (Å²) in [5.74, 6) is -0.405. The molecule has 2 N–H and O–H groups in total. The third-order valence-electron chi connectivity index (χ3n) is 2.70. The van der Waals surface area contributed by atoms with Gasteiger partial charge < -0.3 is 10.6 Å². The molecule has 2 amide bonds. The molecule has 0 fully saturated rings. The number of aromatic nitrogens is 1. The van der Waals surface area contributed by atoms with Crippen LogP contribution >= 0.6 is 11.6 Å². The lowest BCUT2D eigenvalue weighted by Crippen LogP contribution is -2.13. The van der Waals surface area contributed by atoms with Crippen molar-refractivity contribution >= 4 is 34.8 Å². The van der Waals surface area contributed by atoms with Crippen LogP contribution < -0.4 is 10.6 Å². The van der Waals surface area contributed by atoms with Gasteiger partial charge in [-0.2, -0.15) is 0 Å². The van der Waals surface area contributed by atoms with Gasteiger partial charge in [0.25, 0.3) is 5.91 Å². The Balaban J connectivity index is 2.03. The van der Waals surface area contributed by atoms with Crippen molar-refractivity contribution in [2.75, 3.05) is 10.6 Å². The molecule has 2 rings (SSSR count). The van der Waals surface area contributed by atoms with E-state index in [1.807, 2.05) is 0 Å². The molecular weight excluding hydrogens is 290 g/mol. The molecule has 21 heavy (non-hydrogen) atoms. The van der Waals surface area contributed by atoms with Gasteiger partial charge in [0.1, 0.15) is 5.69 Å². The van der Waals surface area contributed by atoms with E-state index in [0.29, 0.717) is 22.8 Å². The highest BCUT2D eigenvalue weighted by Gasteiger charge is 2.08. The number of benzene rings is 1. The van der Waals surface area contributed by atoms with Crippen LogP contribution in [0.3, 0.4) is 0 Å². The zero-order valence-electron chi connectivity index (χ0n) is 11.4. The van der Waals surface area contributed by atoms with Crippen molar-refractivity contribution in [1.82, 2.24) is 4.98 Å². The number of hydrogen-bond acceptors (Lipinski definition) is 3. The van der Waals surface area contributed by atoms with Gasteiger partial charge in [0.05, 0.1) is 0 Å². The first-order valence-electron chi connectivity index (χ1n) is 6.41. The number of pyridine rings is 1. The van der Waals surface area contributed by atoms with Crippen molar-refractivity contribution in [1.29, 1.82) is 0 Å². The van der Waals surface area contributed by atoms with E-state index in [-0.39, 0.29) is 17.5 Å². The van der Waals surface area contributed by atoms with Gasteiger partial charge in [0.2, 0.25) is 5.91 Å². The van der Waals surface area contributed by atoms with Crippen LogP contribution in [0, 0.1) is 0 Å². The van der Waals surface area contributed by atoms with Crippen molar-refractivity contribution < 1.29 is 9.59 Å². The molecule has 0 saturated carbocycles. The third kappa shape index (κ3) is 4.29. The summed E-state index contributed by atoms with van der Waals surface area (Å²) in [4.78, 5) is 27.2. The molecule has 5 nitrogen and oxygen atoms in total. The predicted octanol–water partition coefficient (Wildman–Crippen LogP) is 3.34. The van der Waals surface area contributed by atoms with Gasteiger partial charge in [-0.05, 0) is 36.4 Å². The van der Waals surface area contributed by atoms with Gasteiger partial charge in [-0.1, -0.05) is 18.5 Å². The summed E-state index contributed by atoms with van der Waals surface area (Å²) in [6, 6.07) is 9.93. The second-order valence-electron chi connectivity index (χ2n) is 4.29. The van der Waals surface area contributed by atoms with Crippen LogP contribution in [0.5, 0.6) is 0 Å². The summed E-state index contributed by atoms with van der Waals surface area (Å²) >= 11 is 5.81. The number of anilines is 2. The zero-order valence-corrected chi connectivity index (χ0v) is 12.1. The smallest absolute Gasteiger partial charge is 0.274 e. The normalized spacial score (nSPS) is 10.0. The first kappa shape index (κ1) is 15.0. The summed E-state index contributed by atoms with van der Waals surface area (Å²) in [6.45, 7) is 1.78. The SMILES string of the molecule is CCC(=O)Nc1ccc(NC(=O)c2cc(Cl)ccn2)cc1. The number of halogens is 1. The van der Waals surface area contributed by atoms with E-state index < -0.39 is 0 Å². The van der Waals surface area contributed by atoms with E-state index >= 15 is 0 Å². The zero-order chi connectivity index (χ0) is 15.2. The number of amides is 2. The molecule has 0 aliphatic carbocycles. The van der Waals surface area contributed by atoms with Crippen LogP contribution in [-0.2, 0) is 4.79 Å². The van der Waals surface area contributed by atoms with E-state index in [1.54, 1.807) is 37.3 Å². The molecule has 1 aromatic heterocycles. The van der Waals surface area contributed by atoms with E-state index in [0.717, 1.165) is 0 Å². The summed E-state index contributed by atoms with van der Waals surface area (Å²) in [7, 11) is 0. The van der Waals surface area contributed by atoms with Crippen LogP contribution in [0.15, 0.2) is 42.6 Å². The largest absolute Gasteiger partial charge is 0.326 e. The molecule has 0 atom stereocenters. The first-order valence-corrected chi connectivity index (χ1v) is 6.79. The van der Waals surface area contributed by atoms with Gasteiger partial charge in [-0.25, -0.2) is 0 Å². The number of carbonyl (C=O) groups is 2. The maximum atomic E-state index is 12.0. The molecule has 108 valence electrons. The van der Waals surface area contributed by atoms with Gasteiger partial charge in [-0.3, -0.25) is 14.6 Å². The van der Waals surface area contributed by atoms with Crippen LogP contribution in [0.25, 0.3) is 0 Å². The molecule has 2 aromatic rings. The summed E-state index contributed by atoms with van der Waals surface area (Å²) < 4.78 is 0. The average molecular weight is 304 g/mol. The molecule has 0 aliphatic rings. The highest BCUT2D eigenvalue weighted by atomic mass is 35.5. The summed E-state index contributed by atoms with van der Waals surface area (Å²) in [5.41, 5.74) is 1.53. The highest BCUT2D eigenvalue weighted by molar-refractivity contribution is 6.30. The molecule has 6 heteroatoms. The van der Waals surface area contributed by atoms with Crippen LogP contribution in [0.4, 0.5) is 11.4 Å². The van der Waals surface area contributed by atoms with Crippen molar-refractivity contribution in [3.63, 3.8) is 0 Å². The van der Waals surface area contributed by atoms with Crippen LogP contribution in [0.2, 0.25) is 5.02 Å². The minimum absolute atomic E-state index is 0.0603. The maximum absolute atomic E-state index is 12.0. The Labute approximate surface area is 127 Å². The number of nitrogens with one attached hydrogen (secondary N) is 2. The standard InChI is InChI=1S/C15H14ClN3O2/c1-2-14(20)18-11-3-5-12(6-4-11)19-15(21)13-9-10(16)7-8-17-13/h3-9H,2H2,1H3,(H,18,20)(H,19,21). The fourth-order valence-electron chi connectivity index (χ4n) is 1.61. The fourth-order valence-corrected chi connectivity index (χ4v) is 1.77. The second-order valence-corrected chi connectivity index (χ2v) is 4.73. The van der Waals surface area contributed by atoms with E-state index in [1.165, 1.54) is 12.3 Å². The minimum atomic E-state index is -0.345. The molecule has 0 radical (unpaired) electrons. The molecule has 0 bridgehead atoms. The third-order valence-corrected chi connectivity index (χ3v) is 2.94. The topological polar surface area (TPSA) is 71.1 Å². The number of carbonyl (C=O) groups excluding carboxylic acids is 2. The minimum Gasteiger partial charge on any atom is -0.326 e. The average Bonchev–Trinajstić information content (AvgIpc) is 2.49. The lowest BCUT2D eigenvalue weighted by Gasteiger charge is -2.07. The second kappa shape index (κ2) is 6.85. The Kier molecular flexibility index (Phi) is 4.90. The Morgan fingerprint density at radius 3 is 2.29 bits per heavy atom. The van der Waals surface area contributed by atoms with Gasteiger partial charge in [-0.15, -0.1) is 0 Å². The monoisotopic (exact) mass is 303 g/mol. The highest BCUT2D eigenvalue weighted by Crippen LogP contribution is 2.15. The van der Waals surface area contributed by atoms with Gasteiger partial charge >= 0.3 is 0 Å². The predicted molar refractivity (Wildman–Crippen MR) is 82.6 cm³/mol. The molecule has 0 saturated heterocycles. The van der Waals surface area contributed by atoms with Crippen LogP contribution in [-0.4, -0.2) is 16.8 Å². The number of hydrogen-bond donors (Lipinski definition) is 2. The van der Waals surface area contributed by atoms with Crippen molar-refractivity contribution in [3.8, 4) is 0 Å². The Hall–Kier alpha value is -2.40. The lowest BCUT2D eigenvalue weighted by atomic mass is 10.2.